The van der Waals surface area contributed by atoms with Crippen LogP contribution in [0.5, 0.6) is 0 Å². The van der Waals surface area contributed by atoms with E-state index in [1.54, 1.807) is 4.68 Å². The Hall–Kier alpha value is -1.64. The lowest BCUT2D eigenvalue weighted by molar-refractivity contribution is 0.0606. The summed E-state index contributed by atoms with van der Waals surface area (Å²) in [5.41, 5.74) is 1.09. The predicted octanol–water partition coefficient (Wildman–Crippen LogP) is 2.03. The first-order chi connectivity index (χ1) is 10.4. The molecule has 2 heterocycles. The molecular weight excluding hydrogens is 326 g/mol. The van der Waals surface area contributed by atoms with Gasteiger partial charge in [-0.05, 0) is 14.1 Å². The van der Waals surface area contributed by atoms with Crippen molar-refractivity contribution in [2.24, 2.45) is 7.05 Å². The van der Waals surface area contributed by atoms with Crippen molar-refractivity contribution in [3.8, 4) is 0 Å². The molecule has 0 amide bonds. The number of likely N-dealkylation sites (N-methyl/N-ethyl adjacent to an activating group) is 1. The van der Waals surface area contributed by atoms with Gasteiger partial charge in [0.25, 0.3) is 0 Å². The van der Waals surface area contributed by atoms with Crippen LogP contribution in [0.4, 0.5) is 5.13 Å². The maximum Gasteiger partial charge on any atom is 0.351 e. The Morgan fingerprint density at radius 2 is 2.32 bits per heavy atom. The number of methoxy groups -OCH3 is 1. The van der Waals surface area contributed by atoms with E-state index in [9.17, 15) is 4.79 Å². The SMILES string of the molecule is COC(=O)c1sc(NCC(c2cnn(C)c2)N(C)C)nc1Cl. The molecule has 120 valence electrons. The van der Waals surface area contributed by atoms with E-state index < -0.39 is 5.97 Å². The molecule has 0 aliphatic rings. The first-order valence-electron chi connectivity index (χ1n) is 6.56. The molecule has 2 aromatic rings. The fourth-order valence-corrected chi connectivity index (χ4v) is 3.10. The van der Waals surface area contributed by atoms with Gasteiger partial charge in [0.1, 0.15) is 0 Å². The van der Waals surface area contributed by atoms with Crippen molar-refractivity contribution in [1.82, 2.24) is 19.7 Å². The van der Waals surface area contributed by atoms with Crippen molar-refractivity contribution in [3.63, 3.8) is 0 Å². The second kappa shape index (κ2) is 7.08. The first kappa shape index (κ1) is 16.7. The van der Waals surface area contributed by atoms with Crippen molar-refractivity contribution >= 4 is 34.0 Å². The molecular formula is C13H18ClN5O2S. The standard InChI is InChI=1S/C13H18ClN5O2S/c1-18(2)9(8-5-16-19(3)7-8)6-15-13-17-11(14)10(22-13)12(20)21-4/h5,7,9H,6H2,1-4H3,(H,15,17). The smallest absolute Gasteiger partial charge is 0.351 e. The van der Waals surface area contributed by atoms with Gasteiger partial charge in [0.05, 0.1) is 19.3 Å². The highest BCUT2D eigenvalue weighted by Crippen LogP contribution is 2.28. The average Bonchev–Trinajstić information content (AvgIpc) is 3.04. The van der Waals surface area contributed by atoms with E-state index in [1.165, 1.54) is 18.4 Å². The summed E-state index contributed by atoms with van der Waals surface area (Å²) in [4.78, 5) is 18.1. The Labute approximate surface area is 137 Å². The van der Waals surface area contributed by atoms with Crippen LogP contribution in [0.15, 0.2) is 12.4 Å². The van der Waals surface area contributed by atoms with Crippen LogP contribution >= 0.6 is 22.9 Å². The number of carbonyl (C=O) groups is 1. The van der Waals surface area contributed by atoms with E-state index in [0.717, 1.165) is 5.56 Å². The van der Waals surface area contributed by atoms with Crippen molar-refractivity contribution in [2.45, 2.75) is 6.04 Å². The lowest BCUT2D eigenvalue weighted by Crippen LogP contribution is -2.26. The number of aryl methyl sites for hydroxylation is 1. The third-order valence-corrected chi connectivity index (χ3v) is 4.51. The number of nitrogens with zero attached hydrogens (tertiary/aromatic N) is 4. The summed E-state index contributed by atoms with van der Waals surface area (Å²) in [5, 5.41) is 8.14. The lowest BCUT2D eigenvalue weighted by Gasteiger charge is -2.23. The monoisotopic (exact) mass is 343 g/mol. The fraction of sp³-hybridized carbons (Fsp3) is 0.462. The third kappa shape index (κ3) is 3.76. The quantitative estimate of drug-likeness (QED) is 0.809. The molecule has 0 fully saturated rings. The van der Waals surface area contributed by atoms with Gasteiger partial charge in [-0.3, -0.25) is 4.68 Å². The largest absolute Gasteiger partial charge is 0.465 e. The summed E-state index contributed by atoms with van der Waals surface area (Å²) in [7, 11) is 7.19. The van der Waals surface area contributed by atoms with E-state index in [-0.39, 0.29) is 11.2 Å². The number of carbonyl (C=O) groups excluding carboxylic acids is 1. The summed E-state index contributed by atoms with van der Waals surface area (Å²) in [6, 6.07) is 0.123. The van der Waals surface area contributed by atoms with Crippen LogP contribution in [-0.4, -0.2) is 53.4 Å². The van der Waals surface area contributed by atoms with Gasteiger partial charge in [0.2, 0.25) is 0 Å². The second-order valence-electron chi connectivity index (χ2n) is 4.94. The minimum Gasteiger partial charge on any atom is -0.465 e. The number of esters is 1. The summed E-state index contributed by atoms with van der Waals surface area (Å²) >= 11 is 7.13. The van der Waals surface area contributed by atoms with Crippen molar-refractivity contribution in [1.29, 1.82) is 0 Å². The minimum atomic E-state index is -0.480. The predicted molar refractivity (Wildman–Crippen MR) is 86.6 cm³/mol. The van der Waals surface area contributed by atoms with Crippen LogP contribution < -0.4 is 5.32 Å². The van der Waals surface area contributed by atoms with Crippen LogP contribution in [0.3, 0.4) is 0 Å². The number of anilines is 1. The van der Waals surface area contributed by atoms with E-state index in [0.29, 0.717) is 16.6 Å². The molecule has 0 radical (unpaired) electrons. The molecule has 0 saturated carbocycles. The number of hydrogen-bond acceptors (Lipinski definition) is 7. The Balaban J connectivity index is 2.08. The molecule has 7 nitrogen and oxygen atoms in total. The van der Waals surface area contributed by atoms with Gasteiger partial charge in [-0.25, -0.2) is 9.78 Å². The molecule has 1 atom stereocenters. The number of nitrogens with one attached hydrogen (secondary N) is 1. The summed E-state index contributed by atoms with van der Waals surface area (Å²) < 4.78 is 6.43. The van der Waals surface area contributed by atoms with Gasteiger partial charge in [0.15, 0.2) is 15.2 Å². The maximum atomic E-state index is 11.5. The van der Waals surface area contributed by atoms with Gasteiger partial charge < -0.3 is 15.0 Å². The van der Waals surface area contributed by atoms with Crippen molar-refractivity contribution in [2.75, 3.05) is 33.1 Å². The highest BCUT2D eigenvalue weighted by Gasteiger charge is 2.20. The highest BCUT2D eigenvalue weighted by atomic mass is 35.5. The van der Waals surface area contributed by atoms with Gasteiger partial charge in [-0.1, -0.05) is 22.9 Å². The van der Waals surface area contributed by atoms with Crippen molar-refractivity contribution < 1.29 is 9.53 Å². The molecule has 2 rings (SSSR count). The Morgan fingerprint density at radius 3 is 2.86 bits per heavy atom. The van der Waals surface area contributed by atoms with Crippen LogP contribution in [0, 0.1) is 0 Å². The zero-order chi connectivity index (χ0) is 16.3. The molecule has 22 heavy (non-hydrogen) atoms. The molecule has 1 N–H and O–H groups in total. The number of ether oxygens (including phenoxy) is 1. The number of thiazole rings is 1. The summed E-state index contributed by atoms with van der Waals surface area (Å²) in [5.74, 6) is -0.480. The second-order valence-corrected chi connectivity index (χ2v) is 6.30. The van der Waals surface area contributed by atoms with Gasteiger partial charge in [-0.15, -0.1) is 0 Å². The summed E-state index contributed by atoms with van der Waals surface area (Å²) in [6.07, 6.45) is 3.81. The molecule has 0 spiro atoms. The number of hydrogen-bond donors (Lipinski definition) is 1. The van der Waals surface area contributed by atoms with E-state index in [4.69, 9.17) is 11.6 Å². The first-order valence-corrected chi connectivity index (χ1v) is 7.75. The van der Waals surface area contributed by atoms with E-state index >= 15 is 0 Å². The zero-order valence-corrected chi connectivity index (χ0v) is 14.4. The Bertz CT molecular complexity index is 655. The maximum absolute atomic E-state index is 11.5. The van der Waals surface area contributed by atoms with Gasteiger partial charge >= 0.3 is 5.97 Å². The molecule has 9 heteroatoms. The van der Waals surface area contributed by atoms with Crippen LogP contribution in [-0.2, 0) is 11.8 Å². The number of rotatable bonds is 6. The summed E-state index contributed by atoms with van der Waals surface area (Å²) in [6.45, 7) is 0.614. The minimum absolute atomic E-state index is 0.123. The van der Waals surface area contributed by atoms with E-state index in [2.05, 4.69) is 25.0 Å². The van der Waals surface area contributed by atoms with Gasteiger partial charge in [0, 0.05) is 25.4 Å². The van der Waals surface area contributed by atoms with Crippen LogP contribution in [0.1, 0.15) is 21.3 Å². The molecule has 0 bridgehead atoms. The average molecular weight is 344 g/mol. The molecule has 0 aromatic carbocycles. The fourth-order valence-electron chi connectivity index (χ4n) is 1.99. The lowest BCUT2D eigenvalue weighted by atomic mass is 10.1. The molecule has 0 aliphatic carbocycles. The number of aromatic nitrogens is 3. The van der Waals surface area contributed by atoms with Crippen LogP contribution in [0.2, 0.25) is 5.15 Å². The molecule has 0 saturated heterocycles. The molecule has 1 unspecified atom stereocenters. The molecule has 2 aromatic heterocycles. The van der Waals surface area contributed by atoms with Crippen molar-refractivity contribution in [3.05, 3.63) is 28.0 Å². The normalized spacial score (nSPS) is 12.5. The molecule has 0 aliphatic heterocycles. The third-order valence-electron chi connectivity index (χ3n) is 3.14. The zero-order valence-electron chi connectivity index (χ0n) is 12.8. The topological polar surface area (TPSA) is 72.3 Å². The highest BCUT2D eigenvalue weighted by molar-refractivity contribution is 7.18. The Morgan fingerprint density at radius 1 is 1.59 bits per heavy atom. The number of halogens is 1. The van der Waals surface area contributed by atoms with Gasteiger partial charge in [-0.2, -0.15) is 5.10 Å². The van der Waals surface area contributed by atoms with Crippen LogP contribution in [0.25, 0.3) is 0 Å². The Kier molecular flexibility index (Phi) is 5.38. The van der Waals surface area contributed by atoms with E-state index in [1.807, 2.05) is 33.5 Å².